The maximum atomic E-state index is 13.1. The lowest BCUT2D eigenvalue weighted by Crippen LogP contribution is -2.59. The average molecular weight is 415 g/mol. The number of amides is 1. The van der Waals surface area contributed by atoms with E-state index in [0.717, 1.165) is 48.0 Å². The molecular weight excluding hydrogens is 396 g/mol. The van der Waals surface area contributed by atoms with E-state index in [1.54, 1.807) is 17.3 Å². The van der Waals surface area contributed by atoms with Gasteiger partial charge in [0.05, 0.1) is 15.4 Å². The molecule has 0 spiro atoms. The topological polar surface area (TPSA) is 67.2 Å². The van der Waals surface area contributed by atoms with Crippen LogP contribution >= 0.6 is 22.9 Å². The smallest absolute Gasteiger partial charge is 0.252 e. The molecule has 0 saturated carbocycles. The zero-order valence-corrected chi connectivity index (χ0v) is 17.2. The van der Waals surface area contributed by atoms with Crippen LogP contribution in [0.25, 0.3) is 16.6 Å². The van der Waals surface area contributed by atoms with Gasteiger partial charge in [0.1, 0.15) is 11.2 Å². The summed E-state index contributed by atoms with van der Waals surface area (Å²) < 4.78 is 2.57. The highest BCUT2D eigenvalue weighted by atomic mass is 35.5. The molecule has 28 heavy (non-hydrogen) atoms. The molecule has 1 amide bonds. The summed E-state index contributed by atoms with van der Waals surface area (Å²) in [6.45, 7) is 2.90. The minimum Gasteiger partial charge on any atom is -0.340 e. The van der Waals surface area contributed by atoms with Gasteiger partial charge in [-0.25, -0.2) is 9.97 Å². The first-order chi connectivity index (χ1) is 13.5. The fraction of sp³-hybridized carbons (Fsp3) is 0.368. The predicted octanol–water partition coefficient (Wildman–Crippen LogP) is 3.77. The third-order valence-electron chi connectivity index (χ3n) is 5.78. The van der Waals surface area contributed by atoms with E-state index in [9.17, 15) is 4.79 Å². The van der Waals surface area contributed by atoms with Gasteiger partial charge in [0, 0.05) is 26.0 Å². The summed E-state index contributed by atoms with van der Waals surface area (Å²) >= 11 is 7.56. The van der Waals surface area contributed by atoms with E-state index < -0.39 is 5.54 Å². The van der Waals surface area contributed by atoms with Crippen molar-refractivity contribution in [2.24, 2.45) is 0 Å². The number of imidazole rings is 1. The van der Waals surface area contributed by atoms with E-state index in [0.29, 0.717) is 10.3 Å². The average Bonchev–Trinajstić information content (AvgIpc) is 3.44. The van der Waals surface area contributed by atoms with Crippen LogP contribution in [0.5, 0.6) is 0 Å². The van der Waals surface area contributed by atoms with Gasteiger partial charge in [-0.2, -0.15) is 4.98 Å². The number of anilines is 2. The van der Waals surface area contributed by atoms with Crippen LogP contribution in [0.3, 0.4) is 0 Å². The molecule has 1 atom stereocenters. The Balaban J connectivity index is 1.64. The first kappa shape index (κ1) is 17.6. The molecule has 0 aromatic carbocycles. The van der Waals surface area contributed by atoms with Crippen molar-refractivity contribution in [1.29, 1.82) is 0 Å². The Bertz CT molecular complexity index is 1080. The van der Waals surface area contributed by atoms with Gasteiger partial charge >= 0.3 is 0 Å². The lowest BCUT2D eigenvalue weighted by molar-refractivity contribution is -0.123. The Morgan fingerprint density at radius 3 is 2.93 bits per heavy atom. The van der Waals surface area contributed by atoms with E-state index in [4.69, 9.17) is 16.6 Å². The van der Waals surface area contributed by atoms with Crippen LogP contribution in [0.15, 0.2) is 30.7 Å². The van der Waals surface area contributed by atoms with E-state index in [1.807, 2.05) is 29.9 Å². The number of carbonyl (C=O) groups excluding carboxylic acids is 1. The molecule has 5 rings (SSSR count). The van der Waals surface area contributed by atoms with Crippen LogP contribution in [0.4, 0.5) is 11.5 Å². The van der Waals surface area contributed by atoms with Gasteiger partial charge in [0.25, 0.3) is 5.91 Å². The van der Waals surface area contributed by atoms with Gasteiger partial charge in [0.15, 0.2) is 11.6 Å². The van der Waals surface area contributed by atoms with Gasteiger partial charge in [0.2, 0.25) is 5.95 Å². The number of hydrogen-bond donors (Lipinski definition) is 0. The second-order valence-electron chi connectivity index (χ2n) is 7.11. The molecule has 0 aliphatic carbocycles. The van der Waals surface area contributed by atoms with Crippen molar-refractivity contribution in [1.82, 2.24) is 19.5 Å². The fourth-order valence-electron chi connectivity index (χ4n) is 4.34. The Hall–Kier alpha value is -2.45. The summed E-state index contributed by atoms with van der Waals surface area (Å²) in [4.78, 5) is 31.8. The van der Waals surface area contributed by atoms with Crippen molar-refractivity contribution >= 4 is 40.4 Å². The third kappa shape index (κ3) is 2.34. The molecule has 1 saturated heterocycles. The summed E-state index contributed by atoms with van der Waals surface area (Å²) in [7, 11) is 1.81. The van der Waals surface area contributed by atoms with E-state index in [2.05, 4.69) is 21.8 Å². The quantitative estimate of drug-likeness (QED) is 0.652. The van der Waals surface area contributed by atoms with Crippen LogP contribution in [-0.4, -0.2) is 44.6 Å². The van der Waals surface area contributed by atoms with Crippen LogP contribution in [0.2, 0.25) is 4.34 Å². The van der Waals surface area contributed by atoms with E-state index in [1.165, 1.54) is 11.3 Å². The van der Waals surface area contributed by atoms with Crippen LogP contribution in [0, 0.1) is 0 Å². The zero-order valence-electron chi connectivity index (χ0n) is 15.6. The highest BCUT2D eigenvalue weighted by Gasteiger charge is 2.52. The molecule has 0 N–H and O–H groups in total. The number of hydrogen-bond acceptors (Lipinski definition) is 6. The monoisotopic (exact) mass is 414 g/mol. The van der Waals surface area contributed by atoms with Gasteiger partial charge in [-0.15, -0.1) is 11.3 Å². The maximum Gasteiger partial charge on any atom is 0.252 e. The Morgan fingerprint density at radius 1 is 1.32 bits per heavy atom. The number of thiophene rings is 1. The van der Waals surface area contributed by atoms with Gasteiger partial charge in [-0.1, -0.05) is 18.5 Å². The van der Waals surface area contributed by atoms with Crippen LogP contribution in [-0.2, 0) is 4.79 Å². The number of aromatic nitrogens is 4. The van der Waals surface area contributed by atoms with Gasteiger partial charge in [-0.05, 0) is 31.4 Å². The molecule has 1 fully saturated rings. The largest absolute Gasteiger partial charge is 0.340 e. The highest BCUT2D eigenvalue weighted by Crippen LogP contribution is 2.45. The van der Waals surface area contributed by atoms with Crippen molar-refractivity contribution in [3.05, 3.63) is 35.1 Å². The standard InChI is InChI=1S/C19H19ClN6OS/c1-3-19-7-4-9-26(19)15-12(24(2)17(19)27)11-22-18(23-15)25-10-8-21-16(25)13-5-6-14(20)28-13/h5-6,8,10-11H,3-4,7,9H2,1-2H3/t19-/m0/s1. The van der Waals surface area contributed by atoms with Crippen molar-refractivity contribution in [3.8, 4) is 16.6 Å². The summed E-state index contributed by atoms with van der Waals surface area (Å²) in [5, 5.41) is 0. The number of rotatable bonds is 3. The van der Waals surface area contributed by atoms with Crippen molar-refractivity contribution < 1.29 is 4.79 Å². The molecule has 2 aliphatic rings. The Kier molecular flexibility index (Phi) is 3.96. The molecule has 0 bridgehead atoms. The minimum atomic E-state index is -0.494. The maximum absolute atomic E-state index is 13.1. The van der Waals surface area contributed by atoms with Crippen LogP contribution < -0.4 is 9.80 Å². The van der Waals surface area contributed by atoms with Crippen molar-refractivity contribution in [3.63, 3.8) is 0 Å². The molecule has 7 nitrogen and oxygen atoms in total. The van der Waals surface area contributed by atoms with Crippen LogP contribution in [0.1, 0.15) is 26.2 Å². The third-order valence-corrected chi connectivity index (χ3v) is 7.01. The first-order valence-corrected chi connectivity index (χ1v) is 10.5. The molecule has 3 aromatic heterocycles. The second-order valence-corrected chi connectivity index (χ2v) is 8.82. The van der Waals surface area contributed by atoms with E-state index in [-0.39, 0.29) is 5.91 Å². The number of likely N-dealkylation sites (N-methyl/N-ethyl adjacent to an activating group) is 1. The number of halogens is 1. The second kappa shape index (κ2) is 6.28. The fourth-order valence-corrected chi connectivity index (χ4v) is 5.38. The predicted molar refractivity (Wildman–Crippen MR) is 110 cm³/mol. The number of carbonyl (C=O) groups is 1. The summed E-state index contributed by atoms with van der Waals surface area (Å²) in [5.41, 5.74) is 0.257. The van der Waals surface area contributed by atoms with Crippen molar-refractivity contribution in [2.75, 3.05) is 23.4 Å². The summed E-state index contributed by atoms with van der Waals surface area (Å²) in [6.07, 6.45) is 7.91. The number of nitrogens with zero attached hydrogens (tertiary/aromatic N) is 6. The highest BCUT2D eigenvalue weighted by molar-refractivity contribution is 7.19. The summed E-state index contributed by atoms with van der Waals surface area (Å²) in [5.74, 6) is 2.24. The normalized spacial score (nSPS) is 21.2. The minimum absolute atomic E-state index is 0.132. The van der Waals surface area contributed by atoms with Gasteiger partial charge < -0.3 is 9.80 Å². The Morgan fingerprint density at radius 2 is 2.18 bits per heavy atom. The van der Waals surface area contributed by atoms with Gasteiger partial charge in [-0.3, -0.25) is 9.36 Å². The molecule has 2 aliphatic heterocycles. The molecule has 9 heteroatoms. The lowest BCUT2D eigenvalue weighted by atomic mass is 9.89. The zero-order chi connectivity index (χ0) is 19.5. The molecule has 0 unspecified atom stereocenters. The number of fused-ring (bicyclic) bond motifs is 3. The Labute approximate surface area is 171 Å². The molecular formula is C19H19ClN6OS. The molecule has 3 aromatic rings. The SMILES string of the molecule is CC[C@@]12CCCN1c1nc(-n3ccnc3-c3ccc(Cl)s3)ncc1N(C)C2=O. The lowest BCUT2D eigenvalue weighted by Gasteiger charge is -2.45. The molecule has 5 heterocycles. The molecule has 144 valence electrons. The van der Waals surface area contributed by atoms with Crippen molar-refractivity contribution in [2.45, 2.75) is 31.7 Å². The summed E-state index contributed by atoms with van der Waals surface area (Å²) in [6, 6.07) is 3.80. The van der Waals surface area contributed by atoms with E-state index >= 15 is 0 Å². The first-order valence-electron chi connectivity index (χ1n) is 9.27. The molecule has 0 radical (unpaired) electrons.